The van der Waals surface area contributed by atoms with E-state index in [0.717, 1.165) is 90.0 Å². The van der Waals surface area contributed by atoms with E-state index in [1.807, 2.05) is 78.9 Å². The second-order valence-corrected chi connectivity index (χ2v) is 14.5. The van der Waals surface area contributed by atoms with E-state index in [0.29, 0.717) is 54.6 Å². The van der Waals surface area contributed by atoms with Gasteiger partial charge in [-0.25, -0.2) is 19.2 Å². The van der Waals surface area contributed by atoms with Crippen LogP contribution in [-0.2, 0) is 19.1 Å². The molecule has 0 aliphatic rings. The van der Waals surface area contributed by atoms with Crippen molar-refractivity contribution in [1.29, 1.82) is 0 Å². The lowest BCUT2D eigenvalue weighted by Crippen LogP contribution is -2.10. The van der Waals surface area contributed by atoms with Crippen molar-refractivity contribution in [1.82, 2.24) is 0 Å². The van der Waals surface area contributed by atoms with Crippen molar-refractivity contribution in [2.75, 3.05) is 26.4 Å². The summed E-state index contributed by atoms with van der Waals surface area (Å²) >= 11 is 0. The van der Waals surface area contributed by atoms with Crippen molar-refractivity contribution >= 4 is 45.4 Å². The van der Waals surface area contributed by atoms with Gasteiger partial charge in [0.15, 0.2) is 0 Å². The molecule has 0 saturated heterocycles. The zero-order valence-electron chi connectivity index (χ0n) is 34.7. The quantitative estimate of drug-likeness (QED) is 0.0267. The minimum absolute atomic E-state index is 0.297. The molecule has 0 spiro atoms. The molecule has 62 heavy (non-hydrogen) atoms. The third-order valence-electron chi connectivity index (χ3n) is 9.98. The molecule has 0 aliphatic carbocycles. The summed E-state index contributed by atoms with van der Waals surface area (Å²) in [6.45, 7) is 8.69. The Balaban J connectivity index is 1.03. The summed E-state index contributed by atoms with van der Waals surface area (Å²) in [4.78, 5) is 49.2. The Bertz CT molecular complexity index is 2510. The first kappa shape index (κ1) is 44.4. The lowest BCUT2D eigenvalue weighted by Gasteiger charge is -2.13. The first-order valence-electron chi connectivity index (χ1n) is 20.8. The topological polar surface area (TPSA) is 124 Å². The SMILES string of the molecule is C=CC(=O)OCCCCCCOc1ccc2cc(C(=O)Oc3ccc(OC(=O)c4ccc5cc(OCCCCCCOC(=O)C=C)ccc5c4)c(-c4ccccc4)c3)ccc2c1. The predicted molar refractivity (Wildman–Crippen MR) is 240 cm³/mol. The number of hydrogen-bond donors (Lipinski definition) is 0. The van der Waals surface area contributed by atoms with Crippen LogP contribution in [0.4, 0.5) is 0 Å². The van der Waals surface area contributed by atoms with Crippen LogP contribution in [0.1, 0.15) is 72.1 Å². The second-order valence-electron chi connectivity index (χ2n) is 14.5. The number of esters is 4. The molecule has 0 bridgehead atoms. The van der Waals surface area contributed by atoms with E-state index in [1.165, 1.54) is 12.2 Å². The summed E-state index contributed by atoms with van der Waals surface area (Å²) in [5.74, 6) is 0.239. The highest BCUT2D eigenvalue weighted by Gasteiger charge is 2.17. The van der Waals surface area contributed by atoms with Crippen molar-refractivity contribution in [2.24, 2.45) is 0 Å². The average molecular weight is 835 g/mol. The van der Waals surface area contributed by atoms with Gasteiger partial charge in [0.25, 0.3) is 0 Å². The van der Waals surface area contributed by atoms with Gasteiger partial charge >= 0.3 is 23.9 Å². The van der Waals surface area contributed by atoms with Crippen LogP contribution in [0.2, 0.25) is 0 Å². The monoisotopic (exact) mass is 834 g/mol. The van der Waals surface area contributed by atoms with Crippen LogP contribution in [0.5, 0.6) is 23.0 Å². The standard InChI is InChI=1S/C52H50O10/c1-3-49(53)59-30-14-7-5-12-28-57-44-24-22-38-32-42(20-18-40(38)34-44)51(55)61-46-26-27-48(47(36-46)37-16-10-9-11-17-37)62-52(56)43-21-19-41-35-45(25-23-39(41)33-43)58-29-13-6-8-15-31-60-50(54)4-2/h3-4,9-11,16-27,32-36H,1-2,5-8,12-15,28-31H2. The van der Waals surface area contributed by atoms with Gasteiger partial charge < -0.3 is 28.4 Å². The predicted octanol–water partition coefficient (Wildman–Crippen LogP) is 11.4. The van der Waals surface area contributed by atoms with Gasteiger partial charge in [0, 0.05) is 17.7 Å². The highest BCUT2D eigenvalue weighted by Crippen LogP contribution is 2.35. The molecule has 0 aliphatic heterocycles. The van der Waals surface area contributed by atoms with Gasteiger partial charge in [-0.2, -0.15) is 0 Å². The Morgan fingerprint density at radius 3 is 1.40 bits per heavy atom. The van der Waals surface area contributed by atoms with Gasteiger partial charge in [-0.3, -0.25) is 0 Å². The third-order valence-corrected chi connectivity index (χ3v) is 9.98. The van der Waals surface area contributed by atoms with Crippen molar-refractivity contribution in [3.63, 3.8) is 0 Å². The normalized spacial score (nSPS) is 10.8. The van der Waals surface area contributed by atoms with Crippen molar-refractivity contribution in [3.8, 4) is 34.1 Å². The number of rotatable bonds is 23. The Morgan fingerprint density at radius 1 is 0.435 bits per heavy atom. The molecule has 10 heteroatoms. The Labute approximate surface area is 361 Å². The van der Waals surface area contributed by atoms with Gasteiger partial charge in [0.1, 0.15) is 23.0 Å². The van der Waals surface area contributed by atoms with E-state index in [-0.39, 0.29) is 0 Å². The molecule has 0 fully saturated rings. The van der Waals surface area contributed by atoms with E-state index in [4.69, 9.17) is 28.4 Å². The molecule has 6 aromatic rings. The lowest BCUT2D eigenvalue weighted by molar-refractivity contribution is -0.138. The largest absolute Gasteiger partial charge is 0.494 e. The molecule has 0 unspecified atom stereocenters. The van der Waals surface area contributed by atoms with Gasteiger partial charge in [0.05, 0.1) is 37.6 Å². The molecule has 0 heterocycles. The second kappa shape index (κ2) is 23.0. The molecular weight excluding hydrogens is 785 g/mol. The number of hydrogen-bond acceptors (Lipinski definition) is 10. The number of carbonyl (C=O) groups excluding carboxylic acids is 4. The van der Waals surface area contributed by atoms with Crippen LogP contribution < -0.4 is 18.9 Å². The Hall–Kier alpha value is -7.20. The van der Waals surface area contributed by atoms with E-state index < -0.39 is 23.9 Å². The molecule has 10 nitrogen and oxygen atoms in total. The van der Waals surface area contributed by atoms with Crippen molar-refractivity contribution in [3.05, 3.63) is 158 Å². The van der Waals surface area contributed by atoms with Crippen LogP contribution in [0.3, 0.4) is 0 Å². The minimum atomic E-state index is -0.529. The molecule has 0 atom stereocenters. The summed E-state index contributed by atoms with van der Waals surface area (Å²) in [5.41, 5.74) is 2.13. The zero-order valence-corrected chi connectivity index (χ0v) is 34.7. The highest BCUT2D eigenvalue weighted by molar-refractivity contribution is 5.98. The molecular formula is C52H50O10. The number of ether oxygens (including phenoxy) is 6. The van der Waals surface area contributed by atoms with Crippen molar-refractivity contribution < 1.29 is 47.6 Å². The average Bonchev–Trinajstić information content (AvgIpc) is 3.30. The Morgan fingerprint density at radius 2 is 0.887 bits per heavy atom. The summed E-state index contributed by atoms with van der Waals surface area (Å²) in [5, 5.41) is 3.57. The summed E-state index contributed by atoms with van der Waals surface area (Å²) in [7, 11) is 0. The number of unbranched alkanes of at least 4 members (excludes halogenated alkanes) is 6. The molecule has 6 aromatic carbocycles. The molecule has 318 valence electrons. The first-order chi connectivity index (χ1) is 30.3. The summed E-state index contributed by atoms with van der Waals surface area (Å²) < 4.78 is 33.8. The maximum absolute atomic E-state index is 13.6. The fraction of sp³-hybridized carbons (Fsp3) is 0.231. The van der Waals surface area contributed by atoms with Crippen LogP contribution in [-0.4, -0.2) is 50.3 Å². The van der Waals surface area contributed by atoms with Crippen LogP contribution in [0.15, 0.2) is 147 Å². The van der Waals surface area contributed by atoms with E-state index in [2.05, 4.69) is 13.2 Å². The summed E-state index contributed by atoms with van der Waals surface area (Å²) in [6, 6.07) is 36.6. The Kier molecular flexibility index (Phi) is 16.4. The summed E-state index contributed by atoms with van der Waals surface area (Å²) in [6.07, 6.45) is 9.46. The highest BCUT2D eigenvalue weighted by atomic mass is 16.5. The number of carbonyl (C=O) groups is 4. The van der Waals surface area contributed by atoms with Gasteiger partial charge in [-0.15, -0.1) is 0 Å². The maximum atomic E-state index is 13.6. The van der Waals surface area contributed by atoms with E-state index in [9.17, 15) is 19.2 Å². The third kappa shape index (κ3) is 13.1. The molecule has 0 radical (unpaired) electrons. The molecule has 0 saturated carbocycles. The van der Waals surface area contributed by atoms with E-state index >= 15 is 0 Å². The lowest BCUT2D eigenvalue weighted by atomic mass is 10.0. The van der Waals surface area contributed by atoms with Crippen molar-refractivity contribution in [2.45, 2.75) is 51.4 Å². The fourth-order valence-electron chi connectivity index (χ4n) is 6.67. The first-order valence-corrected chi connectivity index (χ1v) is 20.8. The zero-order chi connectivity index (χ0) is 43.5. The van der Waals surface area contributed by atoms with Crippen LogP contribution in [0, 0.1) is 0 Å². The fourth-order valence-corrected chi connectivity index (χ4v) is 6.67. The van der Waals surface area contributed by atoms with Gasteiger partial charge in [0.2, 0.25) is 0 Å². The minimum Gasteiger partial charge on any atom is -0.494 e. The molecule has 0 N–H and O–H groups in total. The van der Waals surface area contributed by atoms with Gasteiger partial charge in [-0.1, -0.05) is 67.8 Å². The van der Waals surface area contributed by atoms with Crippen LogP contribution in [0.25, 0.3) is 32.7 Å². The van der Waals surface area contributed by atoms with Crippen LogP contribution >= 0.6 is 0 Å². The maximum Gasteiger partial charge on any atom is 0.343 e. The van der Waals surface area contributed by atoms with E-state index in [1.54, 1.807) is 42.5 Å². The van der Waals surface area contributed by atoms with Gasteiger partial charge in [-0.05, 0) is 145 Å². The number of fused-ring (bicyclic) bond motifs is 2. The smallest absolute Gasteiger partial charge is 0.343 e. The molecule has 0 aromatic heterocycles. The molecule has 0 amide bonds. The molecule has 6 rings (SSSR count). The number of benzene rings is 6.